The molecule has 3 aromatic rings. The molecule has 0 aromatic heterocycles. The second-order valence-corrected chi connectivity index (χ2v) is 6.38. The number of ketones is 1. The highest BCUT2D eigenvalue weighted by molar-refractivity contribution is 9.10. The number of carbonyl (C=O) groups excluding carboxylic acids is 1. The lowest BCUT2D eigenvalue weighted by Gasteiger charge is -1.99. The number of allylic oxidation sites excluding steroid dienone is 1. The van der Waals surface area contributed by atoms with E-state index in [1.807, 2.05) is 72.8 Å². The van der Waals surface area contributed by atoms with Crippen molar-refractivity contribution in [3.05, 3.63) is 106 Å². The summed E-state index contributed by atoms with van der Waals surface area (Å²) in [6.45, 7) is 0. The van der Waals surface area contributed by atoms with Crippen LogP contribution in [0.2, 0.25) is 0 Å². The summed E-state index contributed by atoms with van der Waals surface area (Å²) in [4.78, 5) is 16.8. The smallest absolute Gasteiger partial charge is 0.185 e. The second kappa shape index (κ2) is 8.36. The van der Waals surface area contributed by atoms with Crippen molar-refractivity contribution in [2.75, 3.05) is 0 Å². The van der Waals surface area contributed by atoms with E-state index >= 15 is 0 Å². The molecule has 0 bridgehead atoms. The van der Waals surface area contributed by atoms with Crippen molar-refractivity contribution in [3.8, 4) is 0 Å². The maximum absolute atomic E-state index is 12.4. The zero-order chi connectivity index (χ0) is 17.5. The third-order valence-corrected chi connectivity index (χ3v) is 4.12. The van der Waals surface area contributed by atoms with Crippen molar-refractivity contribution in [2.45, 2.75) is 0 Å². The van der Waals surface area contributed by atoms with Crippen LogP contribution in [0.3, 0.4) is 0 Å². The number of benzene rings is 3. The standard InChI is InChI=1S/C22H16BrNO/c23-20-12-9-17(10-13-20)11-14-22(25)19-7-4-8-21(15-19)24-16-18-5-2-1-3-6-18/h1-16H. The normalized spacial score (nSPS) is 11.2. The van der Waals surface area contributed by atoms with Gasteiger partial charge >= 0.3 is 0 Å². The van der Waals surface area contributed by atoms with Crippen LogP contribution in [0.25, 0.3) is 6.08 Å². The molecule has 0 amide bonds. The number of hydrogen-bond acceptors (Lipinski definition) is 2. The summed E-state index contributed by atoms with van der Waals surface area (Å²) in [7, 11) is 0. The Morgan fingerprint density at radius 1 is 0.840 bits per heavy atom. The summed E-state index contributed by atoms with van der Waals surface area (Å²) >= 11 is 3.40. The quantitative estimate of drug-likeness (QED) is 0.294. The Morgan fingerprint density at radius 2 is 1.60 bits per heavy atom. The number of hydrogen-bond donors (Lipinski definition) is 0. The summed E-state index contributed by atoms with van der Waals surface area (Å²) < 4.78 is 1.01. The van der Waals surface area contributed by atoms with Crippen LogP contribution in [0.4, 0.5) is 5.69 Å². The molecular weight excluding hydrogens is 374 g/mol. The largest absolute Gasteiger partial charge is 0.289 e. The van der Waals surface area contributed by atoms with E-state index in [9.17, 15) is 4.79 Å². The monoisotopic (exact) mass is 389 g/mol. The van der Waals surface area contributed by atoms with E-state index in [2.05, 4.69) is 20.9 Å². The zero-order valence-electron chi connectivity index (χ0n) is 13.5. The molecule has 122 valence electrons. The van der Waals surface area contributed by atoms with E-state index in [1.165, 1.54) is 0 Å². The topological polar surface area (TPSA) is 29.4 Å². The van der Waals surface area contributed by atoms with Gasteiger partial charge in [-0.3, -0.25) is 9.79 Å². The van der Waals surface area contributed by atoms with Crippen molar-refractivity contribution in [3.63, 3.8) is 0 Å². The van der Waals surface area contributed by atoms with Gasteiger partial charge in [-0.15, -0.1) is 0 Å². The van der Waals surface area contributed by atoms with Gasteiger partial charge in [0, 0.05) is 16.3 Å². The van der Waals surface area contributed by atoms with E-state index in [1.54, 1.807) is 24.4 Å². The van der Waals surface area contributed by atoms with Crippen LogP contribution >= 0.6 is 15.9 Å². The molecule has 0 unspecified atom stereocenters. The van der Waals surface area contributed by atoms with E-state index < -0.39 is 0 Å². The van der Waals surface area contributed by atoms with Crippen LogP contribution in [-0.2, 0) is 0 Å². The lowest BCUT2D eigenvalue weighted by atomic mass is 10.1. The van der Waals surface area contributed by atoms with Gasteiger partial charge in [0.25, 0.3) is 0 Å². The fraction of sp³-hybridized carbons (Fsp3) is 0. The number of nitrogens with zero attached hydrogens (tertiary/aromatic N) is 1. The first-order valence-corrected chi connectivity index (χ1v) is 8.67. The van der Waals surface area contributed by atoms with E-state index in [4.69, 9.17) is 0 Å². The van der Waals surface area contributed by atoms with Gasteiger partial charge < -0.3 is 0 Å². The molecule has 0 atom stereocenters. The summed E-state index contributed by atoms with van der Waals surface area (Å²) in [6, 6.07) is 25.0. The van der Waals surface area contributed by atoms with Crippen LogP contribution in [0.1, 0.15) is 21.5 Å². The van der Waals surface area contributed by atoms with Crippen LogP contribution < -0.4 is 0 Å². The third-order valence-electron chi connectivity index (χ3n) is 3.59. The molecule has 3 heteroatoms. The van der Waals surface area contributed by atoms with Gasteiger partial charge in [0.05, 0.1) is 5.69 Å². The Morgan fingerprint density at radius 3 is 2.36 bits per heavy atom. The predicted octanol–water partition coefficient (Wildman–Crippen LogP) is 6.10. The van der Waals surface area contributed by atoms with Crippen molar-refractivity contribution in [1.82, 2.24) is 0 Å². The van der Waals surface area contributed by atoms with Crippen molar-refractivity contribution in [1.29, 1.82) is 0 Å². The molecule has 0 N–H and O–H groups in total. The first-order valence-electron chi connectivity index (χ1n) is 7.88. The lowest BCUT2D eigenvalue weighted by Crippen LogP contribution is -1.93. The lowest BCUT2D eigenvalue weighted by molar-refractivity contribution is 0.104. The minimum absolute atomic E-state index is 0.0420. The van der Waals surface area contributed by atoms with Gasteiger partial charge in [0.15, 0.2) is 5.78 Å². The molecule has 0 spiro atoms. The predicted molar refractivity (Wildman–Crippen MR) is 108 cm³/mol. The molecule has 0 aliphatic heterocycles. The summed E-state index contributed by atoms with van der Waals surface area (Å²) in [5.74, 6) is -0.0420. The van der Waals surface area contributed by atoms with Crippen LogP contribution in [-0.4, -0.2) is 12.0 Å². The SMILES string of the molecule is O=C(C=Cc1ccc(Br)cc1)c1cccc(N=Cc2ccccc2)c1. The minimum atomic E-state index is -0.0420. The van der Waals surface area contributed by atoms with Gasteiger partial charge in [0.1, 0.15) is 0 Å². The fourth-order valence-corrected chi connectivity index (χ4v) is 2.53. The minimum Gasteiger partial charge on any atom is -0.289 e. The molecule has 0 fully saturated rings. The highest BCUT2D eigenvalue weighted by atomic mass is 79.9. The van der Waals surface area contributed by atoms with Crippen LogP contribution in [0.15, 0.2) is 94.4 Å². The molecule has 25 heavy (non-hydrogen) atoms. The molecular formula is C22H16BrNO. The average molecular weight is 390 g/mol. The molecule has 0 aliphatic carbocycles. The van der Waals surface area contributed by atoms with E-state index in [-0.39, 0.29) is 5.78 Å². The van der Waals surface area contributed by atoms with Gasteiger partial charge in [-0.2, -0.15) is 0 Å². The Hall–Kier alpha value is -2.78. The van der Waals surface area contributed by atoms with Crippen molar-refractivity contribution < 1.29 is 4.79 Å². The number of halogens is 1. The van der Waals surface area contributed by atoms with Gasteiger partial charge in [-0.05, 0) is 41.5 Å². The molecule has 0 saturated carbocycles. The molecule has 3 aromatic carbocycles. The number of rotatable bonds is 5. The Bertz CT molecular complexity index is 912. The average Bonchev–Trinajstić information content (AvgIpc) is 2.67. The Balaban J connectivity index is 1.73. The zero-order valence-corrected chi connectivity index (χ0v) is 15.1. The molecule has 0 saturated heterocycles. The van der Waals surface area contributed by atoms with E-state index in [0.29, 0.717) is 5.56 Å². The van der Waals surface area contributed by atoms with Crippen molar-refractivity contribution >= 4 is 39.7 Å². The van der Waals surface area contributed by atoms with Gasteiger partial charge in [0.2, 0.25) is 0 Å². The van der Waals surface area contributed by atoms with Gasteiger partial charge in [-0.25, -0.2) is 0 Å². The van der Waals surface area contributed by atoms with Crippen LogP contribution in [0.5, 0.6) is 0 Å². The fourth-order valence-electron chi connectivity index (χ4n) is 2.27. The summed E-state index contributed by atoms with van der Waals surface area (Å²) in [5, 5.41) is 0. The molecule has 3 rings (SSSR count). The molecule has 2 nitrogen and oxygen atoms in total. The van der Waals surface area contributed by atoms with E-state index in [0.717, 1.165) is 21.3 Å². The highest BCUT2D eigenvalue weighted by Gasteiger charge is 2.02. The first-order chi connectivity index (χ1) is 12.2. The highest BCUT2D eigenvalue weighted by Crippen LogP contribution is 2.16. The number of carbonyl (C=O) groups is 1. The third kappa shape index (κ3) is 5.10. The first kappa shape index (κ1) is 17.1. The maximum atomic E-state index is 12.4. The second-order valence-electron chi connectivity index (χ2n) is 5.47. The number of aliphatic imine (C=N–C) groups is 1. The van der Waals surface area contributed by atoms with Gasteiger partial charge in [-0.1, -0.05) is 76.6 Å². The molecule has 0 aliphatic rings. The summed E-state index contributed by atoms with van der Waals surface area (Å²) in [6.07, 6.45) is 5.19. The molecule has 0 heterocycles. The van der Waals surface area contributed by atoms with Crippen molar-refractivity contribution in [2.24, 2.45) is 4.99 Å². The Labute approximate surface area is 155 Å². The summed E-state index contributed by atoms with van der Waals surface area (Å²) in [5.41, 5.74) is 3.38. The van der Waals surface area contributed by atoms with Crippen LogP contribution in [0, 0.1) is 0 Å². The maximum Gasteiger partial charge on any atom is 0.185 e. The molecule has 0 radical (unpaired) electrons. The Kier molecular flexibility index (Phi) is 5.70.